The molecule has 6 nitrogen and oxygen atoms in total. The van der Waals surface area contributed by atoms with Gasteiger partial charge >= 0.3 is 0 Å². The summed E-state index contributed by atoms with van der Waals surface area (Å²) in [6.45, 7) is 8.40. The van der Waals surface area contributed by atoms with E-state index in [1.807, 2.05) is 0 Å². The molecule has 2 aromatic heterocycles. The minimum Gasteiger partial charge on any atom is -0.377 e. The highest BCUT2D eigenvalue weighted by atomic mass is 16.5. The predicted molar refractivity (Wildman–Crippen MR) is 77.5 cm³/mol. The molecule has 1 aliphatic rings. The molecule has 2 N–H and O–H groups in total. The number of aromatic nitrogens is 4. The lowest BCUT2D eigenvalue weighted by Crippen LogP contribution is -2.34. The first kappa shape index (κ1) is 13.3. The number of fused-ring (bicyclic) bond motifs is 1. The molecule has 0 bridgehead atoms. The van der Waals surface area contributed by atoms with Gasteiger partial charge in [0.15, 0.2) is 5.65 Å². The van der Waals surface area contributed by atoms with Crippen molar-refractivity contribution in [1.29, 1.82) is 0 Å². The molecule has 0 unspecified atom stereocenters. The Morgan fingerprint density at radius 2 is 2.25 bits per heavy atom. The van der Waals surface area contributed by atoms with Gasteiger partial charge in [-0.3, -0.25) is 5.10 Å². The second-order valence-corrected chi connectivity index (χ2v) is 6.44. The molecular formula is C14H21N5O. The van der Waals surface area contributed by atoms with Crippen LogP contribution in [0.2, 0.25) is 0 Å². The van der Waals surface area contributed by atoms with E-state index in [4.69, 9.17) is 4.74 Å². The van der Waals surface area contributed by atoms with Gasteiger partial charge in [0.05, 0.1) is 17.7 Å². The Bertz CT molecular complexity index is 589. The van der Waals surface area contributed by atoms with Crippen LogP contribution in [0.15, 0.2) is 12.5 Å². The molecule has 6 heteroatoms. The third-order valence-corrected chi connectivity index (χ3v) is 3.85. The molecule has 1 fully saturated rings. The molecule has 108 valence electrons. The van der Waals surface area contributed by atoms with Crippen molar-refractivity contribution in [2.24, 2.45) is 11.3 Å². The van der Waals surface area contributed by atoms with Crippen LogP contribution in [-0.2, 0) is 4.74 Å². The zero-order valence-electron chi connectivity index (χ0n) is 12.2. The molecule has 0 saturated carbocycles. The van der Waals surface area contributed by atoms with Crippen molar-refractivity contribution in [2.45, 2.75) is 33.3 Å². The molecule has 0 spiro atoms. The van der Waals surface area contributed by atoms with Gasteiger partial charge in [-0.25, -0.2) is 9.97 Å². The third kappa shape index (κ3) is 2.47. The van der Waals surface area contributed by atoms with Gasteiger partial charge in [-0.05, 0) is 11.8 Å². The van der Waals surface area contributed by atoms with Gasteiger partial charge < -0.3 is 10.1 Å². The molecule has 1 saturated heterocycles. The summed E-state index contributed by atoms with van der Waals surface area (Å²) in [6.07, 6.45) is 4.69. The van der Waals surface area contributed by atoms with Crippen molar-refractivity contribution >= 4 is 16.9 Å². The first-order chi connectivity index (χ1) is 9.55. The minimum atomic E-state index is 0.166. The maximum Gasteiger partial charge on any atom is 0.160 e. The average Bonchev–Trinajstić information content (AvgIpc) is 3.04. The molecule has 0 radical (unpaired) electrons. The fraction of sp³-hybridized carbons (Fsp3) is 0.643. The van der Waals surface area contributed by atoms with Gasteiger partial charge in [-0.1, -0.05) is 20.8 Å². The summed E-state index contributed by atoms with van der Waals surface area (Å²) in [5.74, 6) is 1.34. The molecule has 3 heterocycles. The van der Waals surface area contributed by atoms with E-state index in [1.54, 1.807) is 12.5 Å². The molecule has 1 aliphatic heterocycles. The van der Waals surface area contributed by atoms with E-state index >= 15 is 0 Å². The second-order valence-electron chi connectivity index (χ2n) is 6.44. The van der Waals surface area contributed by atoms with Crippen LogP contribution in [-0.4, -0.2) is 39.4 Å². The molecule has 2 atom stereocenters. The van der Waals surface area contributed by atoms with E-state index in [0.717, 1.165) is 36.4 Å². The fourth-order valence-corrected chi connectivity index (χ4v) is 2.93. The number of ether oxygens (including phenoxy) is 1. The maximum atomic E-state index is 5.90. The standard InChI is InChI=1S/C14H21N5O/c1-14(2,3)11-9(4-5-20-11)6-15-12-10-7-18-19-13(10)17-8-16-12/h7-9,11H,4-6H2,1-3H3,(H2,15,16,17,18,19)/t9-,11+/m1/s1. The van der Waals surface area contributed by atoms with Gasteiger partial charge in [-0.15, -0.1) is 0 Å². The first-order valence-electron chi connectivity index (χ1n) is 7.05. The monoisotopic (exact) mass is 275 g/mol. The maximum absolute atomic E-state index is 5.90. The molecule has 0 amide bonds. The lowest BCUT2D eigenvalue weighted by molar-refractivity contribution is 0.00957. The van der Waals surface area contributed by atoms with Crippen molar-refractivity contribution in [3.8, 4) is 0 Å². The Labute approximate surface area is 118 Å². The van der Waals surface area contributed by atoms with Crippen LogP contribution in [0.1, 0.15) is 27.2 Å². The Kier molecular flexibility index (Phi) is 3.33. The Morgan fingerprint density at radius 1 is 1.40 bits per heavy atom. The van der Waals surface area contributed by atoms with Crippen LogP contribution >= 0.6 is 0 Å². The molecule has 20 heavy (non-hydrogen) atoms. The summed E-state index contributed by atoms with van der Waals surface area (Å²) in [5, 5.41) is 11.2. The van der Waals surface area contributed by atoms with E-state index in [1.165, 1.54) is 0 Å². The lowest BCUT2D eigenvalue weighted by atomic mass is 9.81. The van der Waals surface area contributed by atoms with E-state index in [-0.39, 0.29) is 11.5 Å². The summed E-state index contributed by atoms with van der Waals surface area (Å²) in [7, 11) is 0. The van der Waals surface area contributed by atoms with Gasteiger partial charge in [0.25, 0.3) is 0 Å². The van der Waals surface area contributed by atoms with Gasteiger partial charge in [-0.2, -0.15) is 5.10 Å². The normalized spacial score (nSPS) is 23.4. The number of hydrogen-bond donors (Lipinski definition) is 2. The van der Waals surface area contributed by atoms with Crippen LogP contribution in [0, 0.1) is 11.3 Å². The topological polar surface area (TPSA) is 75.7 Å². The SMILES string of the molecule is CC(C)(C)[C@H]1OCC[C@@H]1CNc1ncnc2[nH]ncc12. The summed E-state index contributed by atoms with van der Waals surface area (Å²) < 4.78 is 5.90. The summed E-state index contributed by atoms with van der Waals surface area (Å²) >= 11 is 0. The Hall–Kier alpha value is -1.69. The highest BCUT2D eigenvalue weighted by Crippen LogP contribution is 2.34. The molecule has 0 aromatic carbocycles. The van der Waals surface area contributed by atoms with Crippen LogP contribution in [0.5, 0.6) is 0 Å². The summed E-state index contributed by atoms with van der Waals surface area (Å²) in [6, 6.07) is 0. The highest BCUT2D eigenvalue weighted by molar-refractivity contribution is 5.85. The average molecular weight is 275 g/mol. The van der Waals surface area contributed by atoms with Gasteiger partial charge in [0, 0.05) is 19.1 Å². The zero-order valence-corrected chi connectivity index (χ0v) is 12.2. The quantitative estimate of drug-likeness (QED) is 0.898. The number of hydrogen-bond acceptors (Lipinski definition) is 5. The molecule has 0 aliphatic carbocycles. The van der Waals surface area contributed by atoms with Crippen LogP contribution < -0.4 is 5.32 Å². The van der Waals surface area contributed by atoms with E-state index < -0.39 is 0 Å². The fourth-order valence-electron chi connectivity index (χ4n) is 2.93. The van der Waals surface area contributed by atoms with Crippen molar-refractivity contribution in [1.82, 2.24) is 20.2 Å². The van der Waals surface area contributed by atoms with Crippen molar-refractivity contribution in [3.63, 3.8) is 0 Å². The number of nitrogens with zero attached hydrogens (tertiary/aromatic N) is 3. The summed E-state index contributed by atoms with van der Waals surface area (Å²) in [5.41, 5.74) is 0.928. The molecule has 2 aromatic rings. The Balaban J connectivity index is 1.72. The van der Waals surface area contributed by atoms with Crippen molar-refractivity contribution in [3.05, 3.63) is 12.5 Å². The minimum absolute atomic E-state index is 0.166. The third-order valence-electron chi connectivity index (χ3n) is 3.85. The van der Waals surface area contributed by atoms with E-state index in [0.29, 0.717) is 5.92 Å². The zero-order chi connectivity index (χ0) is 14.2. The van der Waals surface area contributed by atoms with E-state index in [2.05, 4.69) is 46.3 Å². The number of H-pyrrole nitrogens is 1. The first-order valence-corrected chi connectivity index (χ1v) is 7.05. The van der Waals surface area contributed by atoms with Crippen LogP contribution in [0.4, 0.5) is 5.82 Å². The second kappa shape index (κ2) is 5.01. The van der Waals surface area contributed by atoms with Gasteiger partial charge in [0.1, 0.15) is 12.1 Å². The predicted octanol–water partition coefficient (Wildman–Crippen LogP) is 2.22. The molecule has 3 rings (SSSR count). The summed E-state index contributed by atoms with van der Waals surface area (Å²) in [4.78, 5) is 8.45. The number of anilines is 1. The Morgan fingerprint density at radius 3 is 3.05 bits per heavy atom. The van der Waals surface area contributed by atoms with Crippen molar-refractivity contribution in [2.75, 3.05) is 18.5 Å². The highest BCUT2D eigenvalue weighted by Gasteiger charge is 2.37. The van der Waals surface area contributed by atoms with Crippen LogP contribution in [0.25, 0.3) is 11.0 Å². The van der Waals surface area contributed by atoms with Gasteiger partial charge in [0.2, 0.25) is 0 Å². The number of rotatable bonds is 3. The largest absolute Gasteiger partial charge is 0.377 e. The lowest BCUT2D eigenvalue weighted by Gasteiger charge is -2.31. The molecular weight excluding hydrogens is 254 g/mol. The smallest absolute Gasteiger partial charge is 0.160 e. The van der Waals surface area contributed by atoms with Crippen LogP contribution in [0.3, 0.4) is 0 Å². The van der Waals surface area contributed by atoms with E-state index in [9.17, 15) is 0 Å². The number of nitrogens with one attached hydrogen (secondary N) is 2. The van der Waals surface area contributed by atoms with Crippen molar-refractivity contribution < 1.29 is 4.74 Å². The number of aromatic amines is 1.